The summed E-state index contributed by atoms with van der Waals surface area (Å²) in [6.07, 6.45) is 3.15. The maximum absolute atomic E-state index is 12.0. The van der Waals surface area contributed by atoms with E-state index >= 15 is 0 Å². The molecule has 0 saturated carbocycles. The molecule has 5 heteroatoms. The Bertz CT molecular complexity index is 738. The highest BCUT2D eigenvalue weighted by molar-refractivity contribution is 6.35. The highest BCUT2D eigenvalue weighted by atomic mass is 35.5. The second-order valence-corrected chi connectivity index (χ2v) is 6.40. The van der Waals surface area contributed by atoms with E-state index in [2.05, 4.69) is 36.2 Å². The van der Waals surface area contributed by atoms with Crippen LogP contribution >= 0.6 is 23.2 Å². The molecule has 0 radical (unpaired) electrons. The molecule has 0 aromatic heterocycles. The zero-order valence-electron chi connectivity index (χ0n) is 14.4. The average Bonchev–Trinajstić information content (AvgIpc) is 2.61. The molecule has 2 rings (SSSR count). The van der Waals surface area contributed by atoms with Crippen LogP contribution in [0.15, 0.2) is 48.5 Å². The Morgan fingerprint density at radius 3 is 2.36 bits per heavy atom. The van der Waals surface area contributed by atoms with Crippen LogP contribution in [0.4, 0.5) is 5.69 Å². The molecule has 1 N–H and O–H groups in total. The molecule has 0 spiro atoms. The molecule has 25 heavy (non-hydrogen) atoms. The topological polar surface area (TPSA) is 32.3 Å². The van der Waals surface area contributed by atoms with Gasteiger partial charge in [0, 0.05) is 41.4 Å². The van der Waals surface area contributed by atoms with Gasteiger partial charge in [-0.2, -0.15) is 0 Å². The minimum absolute atomic E-state index is 0.168. The fourth-order valence-corrected chi connectivity index (χ4v) is 2.94. The lowest BCUT2D eigenvalue weighted by Gasteiger charge is -2.21. The summed E-state index contributed by atoms with van der Waals surface area (Å²) in [6, 6.07) is 13.4. The van der Waals surface area contributed by atoms with Gasteiger partial charge in [0.2, 0.25) is 5.91 Å². The molecule has 1 amide bonds. The number of hydrogen-bond acceptors (Lipinski definition) is 2. The zero-order chi connectivity index (χ0) is 18.2. The number of halogens is 2. The molecule has 132 valence electrons. The smallest absolute Gasteiger partial charge is 0.244 e. The molecule has 0 atom stereocenters. The van der Waals surface area contributed by atoms with Gasteiger partial charge in [0.15, 0.2) is 0 Å². The Labute approximate surface area is 159 Å². The van der Waals surface area contributed by atoms with Crippen LogP contribution in [-0.2, 0) is 11.3 Å². The normalized spacial score (nSPS) is 10.9. The number of carbonyl (C=O) groups excluding carboxylic acids is 1. The van der Waals surface area contributed by atoms with Crippen LogP contribution in [0.2, 0.25) is 10.0 Å². The summed E-state index contributed by atoms with van der Waals surface area (Å²) in [5.41, 5.74) is 3.00. The van der Waals surface area contributed by atoms with Crippen LogP contribution in [0.1, 0.15) is 25.0 Å². The van der Waals surface area contributed by atoms with Crippen LogP contribution < -0.4 is 10.2 Å². The van der Waals surface area contributed by atoms with Gasteiger partial charge in [0.25, 0.3) is 0 Å². The van der Waals surface area contributed by atoms with Gasteiger partial charge in [-0.15, -0.1) is 0 Å². The van der Waals surface area contributed by atoms with E-state index in [9.17, 15) is 4.79 Å². The van der Waals surface area contributed by atoms with Crippen molar-refractivity contribution in [2.45, 2.75) is 20.4 Å². The third-order valence-corrected chi connectivity index (χ3v) is 4.47. The van der Waals surface area contributed by atoms with Crippen LogP contribution in [-0.4, -0.2) is 19.0 Å². The second kappa shape index (κ2) is 9.50. The number of nitrogens with zero attached hydrogens (tertiary/aromatic N) is 1. The quantitative estimate of drug-likeness (QED) is 0.676. The lowest BCUT2D eigenvalue weighted by atomic mass is 10.2. The SMILES string of the molecule is CCN(CC)c1ccc(CNC(=O)/C=C/c2ccc(Cl)cc2Cl)cc1. The summed E-state index contributed by atoms with van der Waals surface area (Å²) in [4.78, 5) is 14.2. The van der Waals surface area contributed by atoms with Gasteiger partial charge in [-0.05, 0) is 55.3 Å². The van der Waals surface area contributed by atoms with Crippen molar-refractivity contribution in [2.75, 3.05) is 18.0 Å². The van der Waals surface area contributed by atoms with Crippen LogP contribution in [0.3, 0.4) is 0 Å². The predicted octanol–water partition coefficient (Wildman–Crippen LogP) is 5.17. The Hall–Kier alpha value is -1.97. The van der Waals surface area contributed by atoms with Gasteiger partial charge < -0.3 is 10.2 Å². The minimum atomic E-state index is -0.168. The van der Waals surface area contributed by atoms with Gasteiger partial charge in [0.1, 0.15) is 0 Å². The van der Waals surface area contributed by atoms with E-state index in [-0.39, 0.29) is 5.91 Å². The molecule has 0 aliphatic heterocycles. The summed E-state index contributed by atoms with van der Waals surface area (Å²) >= 11 is 11.9. The lowest BCUT2D eigenvalue weighted by Crippen LogP contribution is -2.22. The average molecular weight is 377 g/mol. The van der Waals surface area contributed by atoms with Gasteiger partial charge in [-0.25, -0.2) is 0 Å². The number of amides is 1. The van der Waals surface area contributed by atoms with E-state index in [1.54, 1.807) is 24.3 Å². The van der Waals surface area contributed by atoms with Crippen molar-refractivity contribution in [3.8, 4) is 0 Å². The molecule has 0 aliphatic carbocycles. The molecular formula is C20H22Cl2N2O. The molecule has 0 heterocycles. The number of benzene rings is 2. The van der Waals surface area contributed by atoms with E-state index in [0.29, 0.717) is 16.6 Å². The number of carbonyl (C=O) groups is 1. The standard InChI is InChI=1S/C20H22Cl2N2O/c1-3-24(4-2)18-10-5-15(6-11-18)14-23-20(25)12-8-16-7-9-17(21)13-19(16)22/h5-13H,3-4,14H2,1-2H3,(H,23,25)/b12-8+. The van der Waals surface area contributed by atoms with E-state index in [1.807, 2.05) is 12.1 Å². The van der Waals surface area contributed by atoms with Crippen molar-refractivity contribution in [1.29, 1.82) is 0 Å². The van der Waals surface area contributed by atoms with Gasteiger partial charge in [0.05, 0.1) is 0 Å². The van der Waals surface area contributed by atoms with Gasteiger partial charge in [-0.1, -0.05) is 41.4 Å². The second-order valence-electron chi connectivity index (χ2n) is 5.56. The summed E-state index contributed by atoms with van der Waals surface area (Å²) in [7, 11) is 0. The fraction of sp³-hybridized carbons (Fsp3) is 0.250. The summed E-state index contributed by atoms with van der Waals surface area (Å²) in [6.45, 7) is 6.71. The molecule has 0 fully saturated rings. The van der Waals surface area contributed by atoms with E-state index in [1.165, 1.54) is 11.8 Å². The number of rotatable bonds is 7. The summed E-state index contributed by atoms with van der Waals surface area (Å²) in [5.74, 6) is -0.168. The highest BCUT2D eigenvalue weighted by Gasteiger charge is 2.03. The molecule has 3 nitrogen and oxygen atoms in total. The maximum Gasteiger partial charge on any atom is 0.244 e. The van der Waals surface area contributed by atoms with Gasteiger partial charge >= 0.3 is 0 Å². The van der Waals surface area contributed by atoms with E-state index < -0.39 is 0 Å². The van der Waals surface area contributed by atoms with Crippen molar-refractivity contribution < 1.29 is 4.79 Å². The van der Waals surface area contributed by atoms with E-state index in [4.69, 9.17) is 23.2 Å². The molecular weight excluding hydrogens is 355 g/mol. The minimum Gasteiger partial charge on any atom is -0.372 e. The Balaban J connectivity index is 1.90. The van der Waals surface area contributed by atoms with Crippen molar-refractivity contribution in [1.82, 2.24) is 5.32 Å². The highest BCUT2D eigenvalue weighted by Crippen LogP contribution is 2.22. The Morgan fingerprint density at radius 2 is 1.76 bits per heavy atom. The fourth-order valence-electron chi connectivity index (χ4n) is 2.46. The molecule has 2 aromatic carbocycles. The van der Waals surface area contributed by atoms with Crippen molar-refractivity contribution in [2.24, 2.45) is 0 Å². The summed E-state index contributed by atoms with van der Waals surface area (Å²) < 4.78 is 0. The monoisotopic (exact) mass is 376 g/mol. The van der Waals surface area contributed by atoms with Gasteiger partial charge in [-0.3, -0.25) is 4.79 Å². The largest absolute Gasteiger partial charge is 0.372 e. The van der Waals surface area contributed by atoms with Crippen molar-refractivity contribution in [3.05, 3.63) is 69.7 Å². The Morgan fingerprint density at radius 1 is 1.08 bits per heavy atom. The van der Waals surface area contributed by atoms with Crippen molar-refractivity contribution >= 4 is 40.9 Å². The molecule has 0 bridgehead atoms. The number of hydrogen-bond donors (Lipinski definition) is 1. The first-order valence-electron chi connectivity index (χ1n) is 8.28. The molecule has 0 aliphatic rings. The maximum atomic E-state index is 12.0. The Kier molecular flexibility index (Phi) is 7.35. The molecule has 2 aromatic rings. The predicted molar refractivity (Wildman–Crippen MR) is 107 cm³/mol. The number of anilines is 1. The van der Waals surface area contributed by atoms with Crippen LogP contribution in [0.5, 0.6) is 0 Å². The third kappa shape index (κ3) is 5.80. The van der Waals surface area contributed by atoms with E-state index in [0.717, 1.165) is 24.2 Å². The van der Waals surface area contributed by atoms with Crippen LogP contribution in [0, 0.1) is 0 Å². The lowest BCUT2D eigenvalue weighted by molar-refractivity contribution is -0.116. The molecule has 0 unspecified atom stereocenters. The first-order valence-corrected chi connectivity index (χ1v) is 9.04. The van der Waals surface area contributed by atoms with Crippen LogP contribution in [0.25, 0.3) is 6.08 Å². The van der Waals surface area contributed by atoms with Crippen molar-refractivity contribution in [3.63, 3.8) is 0 Å². The first kappa shape index (κ1) is 19.4. The summed E-state index contributed by atoms with van der Waals surface area (Å²) in [5, 5.41) is 3.95. The zero-order valence-corrected chi connectivity index (χ0v) is 15.9. The first-order chi connectivity index (χ1) is 12.0. The third-order valence-electron chi connectivity index (χ3n) is 3.91. The molecule has 0 saturated heterocycles. The number of nitrogens with one attached hydrogen (secondary N) is 1.